The topological polar surface area (TPSA) is 41.1 Å². The highest BCUT2D eigenvalue weighted by Gasteiger charge is 2.11. The van der Waals surface area contributed by atoms with E-state index in [-0.39, 0.29) is 11.9 Å². The Morgan fingerprint density at radius 1 is 1.65 bits per heavy atom. The van der Waals surface area contributed by atoms with Crippen molar-refractivity contribution in [3.8, 4) is 0 Å². The van der Waals surface area contributed by atoms with Gasteiger partial charge < -0.3 is 10.6 Å². The molecule has 0 bridgehead atoms. The van der Waals surface area contributed by atoms with Crippen molar-refractivity contribution in [3.63, 3.8) is 0 Å². The number of carbonyl (C=O) groups excluding carboxylic acids is 1. The van der Waals surface area contributed by atoms with E-state index in [0.29, 0.717) is 11.6 Å². The van der Waals surface area contributed by atoms with Gasteiger partial charge in [0.1, 0.15) is 6.04 Å². The molecular weight excluding hydrogens is 304 g/mol. The summed E-state index contributed by atoms with van der Waals surface area (Å²) in [5, 5.41) is 6.44. The van der Waals surface area contributed by atoms with Crippen LogP contribution in [0, 0.1) is 0 Å². The minimum atomic E-state index is -0.317. The van der Waals surface area contributed by atoms with Gasteiger partial charge in [-0.1, -0.05) is 17.7 Å². The van der Waals surface area contributed by atoms with E-state index in [4.69, 9.17) is 11.6 Å². The van der Waals surface area contributed by atoms with Crippen molar-refractivity contribution in [2.75, 3.05) is 11.9 Å². The first-order valence-electron chi connectivity index (χ1n) is 5.14. The first-order valence-corrected chi connectivity index (χ1v) is 6.32. The zero-order valence-electron chi connectivity index (χ0n) is 9.47. The van der Waals surface area contributed by atoms with Crippen LogP contribution >= 0.6 is 27.5 Å². The Morgan fingerprint density at radius 2 is 2.35 bits per heavy atom. The number of amides is 1. The molecule has 1 unspecified atom stereocenters. The molecule has 0 aliphatic carbocycles. The molecule has 0 saturated carbocycles. The predicted octanol–water partition coefficient (Wildman–Crippen LogP) is 3.21. The molecule has 1 aromatic carbocycles. The van der Waals surface area contributed by atoms with Crippen molar-refractivity contribution in [2.24, 2.45) is 0 Å². The minimum Gasteiger partial charge on any atom is -0.374 e. The number of hydrogen-bond acceptors (Lipinski definition) is 2. The Labute approximate surface area is 114 Å². The third-order valence-corrected chi connectivity index (χ3v) is 3.33. The van der Waals surface area contributed by atoms with Crippen LogP contribution in [0.4, 0.5) is 5.69 Å². The van der Waals surface area contributed by atoms with Gasteiger partial charge in [0.05, 0.1) is 5.02 Å². The molecule has 1 aromatic rings. The first-order chi connectivity index (χ1) is 8.04. The van der Waals surface area contributed by atoms with Crippen LogP contribution in [0.2, 0.25) is 5.02 Å². The van der Waals surface area contributed by atoms with Gasteiger partial charge >= 0.3 is 0 Å². The quantitative estimate of drug-likeness (QED) is 0.819. The molecule has 0 heterocycles. The van der Waals surface area contributed by atoms with Gasteiger partial charge in [0.15, 0.2) is 0 Å². The number of halogens is 2. The Hall–Kier alpha value is -1.000. The Bertz CT molecular complexity index is 423. The van der Waals surface area contributed by atoms with E-state index >= 15 is 0 Å². The van der Waals surface area contributed by atoms with Gasteiger partial charge in [-0.15, -0.1) is 6.58 Å². The van der Waals surface area contributed by atoms with E-state index in [1.807, 2.05) is 12.1 Å². The lowest BCUT2D eigenvalue weighted by molar-refractivity contribution is -0.121. The Balaban J connectivity index is 2.61. The van der Waals surface area contributed by atoms with Crippen LogP contribution in [-0.2, 0) is 4.79 Å². The molecule has 0 saturated heterocycles. The zero-order chi connectivity index (χ0) is 12.8. The number of carbonyl (C=O) groups is 1. The van der Waals surface area contributed by atoms with Crippen LogP contribution in [0.15, 0.2) is 35.3 Å². The maximum absolute atomic E-state index is 11.6. The van der Waals surface area contributed by atoms with Gasteiger partial charge in [-0.05, 0) is 41.1 Å². The molecule has 0 aliphatic heterocycles. The molecule has 0 spiro atoms. The lowest BCUT2D eigenvalue weighted by atomic mass is 10.2. The zero-order valence-corrected chi connectivity index (χ0v) is 11.8. The van der Waals surface area contributed by atoms with Crippen LogP contribution in [-0.4, -0.2) is 18.5 Å². The van der Waals surface area contributed by atoms with Gasteiger partial charge in [0, 0.05) is 16.7 Å². The summed E-state index contributed by atoms with van der Waals surface area (Å²) < 4.78 is 0.794. The van der Waals surface area contributed by atoms with E-state index in [0.717, 1.165) is 10.2 Å². The van der Waals surface area contributed by atoms with Crippen molar-refractivity contribution in [1.82, 2.24) is 5.32 Å². The van der Waals surface area contributed by atoms with E-state index in [2.05, 4.69) is 33.1 Å². The lowest BCUT2D eigenvalue weighted by Gasteiger charge is -2.15. The Morgan fingerprint density at radius 3 is 2.94 bits per heavy atom. The largest absolute Gasteiger partial charge is 0.374 e. The van der Waals surface area contributed by atoms with Crippen molar-refractivity contribution in [3.05, 3.63) is 40.3 Å². The number of rotatable bonds is 5. The fourth-order valence-corrected chi connectivity index (χ4v) is 1.72. The van der Waals surface area contributed by atoms with Crippen LogP contribution in [0.3, 0.4) is 0 Å². The molecular formula is C12H14BrClN2O. The summed E-state index contributed by atoms with van der Waals surface area (Å²) in [6.07, 6.45) is 1.64. The maximum atomic E-state index is 11.6. The molecule has 1 atom stereocenters. The SMILES string of the molecule is C=CCNC(=O)C(C)Nc1ccc(Cl)c(Br)c1. The van der Waals surface area contributed by atoms with Crippen molar-refractivity contribution in [2.45, 2.75) is 13.0 Å². The molecule has 92 valence electrons. The van der Waals surface area contributed by atoms with Crippen molar-refractivity contribution in [1.29, 1.82) is 0 Å². The maximum Gasteiger partial charge on any atom is 0.242 e. The van der Waals surface area contributed by atoms with Crippen LogP contribution < -0.4 is 10.6 Å². The summed E-state index contributed by atoms with van der Waals surface area (Å²) in [6.45, 7) is 5.80. The summed E-state index contributed by atoms with van der Waals surface area (Å²) >= 11 is 9.21. The molecule has 0 aromatic heterocycles. The molecule has 17 heavy (non-hydrogen) atoms. The summed E-state index contributed by atoms with van der Waals surface area (Å²) in [4.78, 5) is 11.6. The van der Waals surface area contributed by atoms with Crippen LogP contribution in [0.25, 0.3) is 0 Å². The van der Waals surface area contributed by atoms with Crippen molar-refractivity contribution >= 4 is 39.1 Å². The number of benzene rings is 1. The standard InChI is InChI=1S/C12H14BrClN2O/c1-3-6-15-12(17)8(2)16-9-4-5-11(14)10(13)7-9/h3-5,7-8,16H,1,6H2,2H3,(H,15,17). The summed E-state index contributed by atoms with van der Waals surface area (Å²) in [7, 11) is 0. The second kappa shape index (κ2) is 6.67. The predicted molar refractivity (Wildman–Crippen MR) is 75.4 cm³/mol. The molecule has 0 aliphatic rings. The van der Waals surface area contributed by atoms with Crippen LogP contribution in [0.1, 0.15) is 6.92 Å². The smallest absolute Gasteiger partial charge is 0.242 e. The molecule has 2 N–H and O–H groups in total. The second-order valence-corrected chi connectivity index (χ2v) is 4.79. The first kappa shape index (κ1) is 14.1. The number of hydrogen-bond donors (Lipinski definition) is 2. The van der Waals surface area contributed by atoms with Gasteiger partial charge in [-0.3, -0.25) is 4.79 Å². The minimum absolute atomic E-state index is 0.0732. The molecule has 1 rings (SSSR count). The molecule has 0 fully saturated rings. The summed E-state index contributed by atoms with van der Waals surface area (Å²) in [5.41, 5.74) is 0.836. The van der Waals surface area contributed by atoms with Crippen LogP contribution in [0.5, 0.6) is 0 Å². The normalized spacial score (nSPS) is 11.7. The van der Waals surface area contributed by atoms with Gasteiger partial charge in [-0.2, -0.15) is 0 Å². The average molecular weight is 318 g/mol. The van der Waals surface area contributed by atoms with Crippen molar-refractivity contribution < 1.29 is 4.79 Å². The number of nitrogens with one attached hydrogen (secondary N) is 2. The highest BCUT2D eigenvalue weighted by molar-refractivity contribution is 9.10. The highest BCUT2D eigenvalue weighted by Crippen LogP contribution is 2.25. The molecule has 0 radical (unpaired) electrons. The summed E-state index contributed by atoms with van der Waals surface area (Å²) in [5.74, 6) is -0.0732. The molecule has 1 amide bonds. The fourth-order valence-electron chi connectivity index (χ4n) is 1.23. The van der Waals surface area contributed by atoms with Gasteiger partial charge in [0.25, 0.3) is 0 Å². The Kier molecular flexibility index (Phi) is 5.51. The summed E-state index contributed by atoms with van der Waals surface area (Å²) in [6, 6.07) is 5.11. The van der Waals surface area contributed by atoms with E-state index in [1.165, 1.54) is 0 Å². The second-order valence-electron chi connectivity index (χ2n) is 3.53. The van der Waals surface area contributed by atoms with E-state index in [1.54, 1.807) is 19.1 Å². The monoisotopic (exact) mass is 316 g/mol. The number of anilines is 1. The van der Waals surface area contributed by atoms with Gasteiger partial charge in [-0.25, -0.2) is 0 Å². The van der Waals surface area contributed by atoms with E-state index < -0.39 is 0 Å². The van der Waals surface area contributed by atoms with E-state index in [9.17, 15) is 4.79 Å². The third kappa shape index (κ3) is 4.40. The molecule has 5 heteroatoms. The molecule has 3 nitrogen and oxygen atoms in total. The third-order valence-electron chi connectivity index (χ3n) is 2.12. The average Bonchev–Trinajstić information content (AvgIpc) is 2.30. The fraction of sp³-hybridized carbons (Fsp3) is 0.250. The lowest BCUT2D eigenvalue weighted by Crippen LogP contribution is -2.37. The van der Waals surface area contributed by atoms with Gasteiger partial charge in [0.2, 0.25) is 5.91 Å². The highest BCUT2D eigenvalue weighted by atomic mass is 79.9.